The summed E-state index contributed by atoms with van der Waals surface area (Å²) in [6.45, 7) is 0.886. The van der Waals surface area contributed by atoms with Gasteiger partial charge in [-0.05, 0) is 71.8 Å². The fourth-order valence-corrected chi connectivity index (χ4v) is 4.56. The number of anilines is 3. The maximum absolute atomic E-state index is 12.8. The Morgan fingerprint density at radius 1 is 0.925 bits per heavy atom. The van der Waals surface area contributed by atoms with E-state index in [0.717, 1.165) is 56.3 Å². The van der Waals surface area contributed by atoms with Gasteiger partial charge in [-0.25, -0.2) is 0 Å². The number of fused-ring (bicyclic) bond motifs is 2. The van der Waals surface area contributed by atoms with Crippen LogP contribution in [0.4, 0.5) is 17.1 Å². The number of hydrogen-bond acceptors (Lipinski definition) is 6. The van der Waals surface area contributed by atoms with Crippen LogP contribution < -0.4 is 25.0 Å². The Kier molecular flexibility index (Phi) is 6.80. The molecule has 1 amide bonds. The second-order valence-corrected chi connectivity index (χ2v) is 9.77. The number of ether oxygens (including phenoxy) is 2. The van der Waals surface area contributed by atoms with E-state index in [4.69, 9.17) is 9.47 Å². The van der Waals surface area contributed by atoms with Crippen LogP contribution in [0.3, 0.4) is 0 Å². The third-order valence-corrected chi connectivity index (χ3v) is 6.73. The molecular weight excluding hydrogens is 502 g/mol. The smallest absolute Gasteiger partial charge is 0.255 e. The summed E-state index contributed by atoms with van der Waals surface area (Å²) in [5, 5.41) is 15.1. The summed E-state index contributed by atoms with van der Waals surface area (Å²) >= 11 is 0. The molecule has 0 bridgehead atoms. The molecule has 0 saturated carbocycles. The van der Waals surface area contributed by atoms with Gasteiger partial charge < -0.3 is 25.0 Å². The molecule has 0 spiro atoms. The van der Waals surface area contributed by atoms with Gasteiger partial charge in [0, 0.05) is 48.7 Å². The van der Waals surface area contributed by atoms with E-state index in [1.807, 2.05) is 97.9 Å². The quantitative estimate of drug-likeness (QED) is 0.215. The Morgan fingerprint density at radius 3 is 2.67 bits per heavy atom. The van der Waals surface area contributed by atoms with Gasteiger partial charge in [0.25, 0.3) is 5.91 Å². The van der Waals surface area contributed by atoms with Crippen LogP contribution in [-0.2, 0) is 6.54 Å². The fraction of sp³-hybridized carbons (Fsp3) is 0.125. The number of carbonyl (C=O) groups excluding carboxylic acids is 1. The molecule has 4 aromatic carbocycles. The van der Waals surface area contributed by atoms with E-state index in [0.29, 0.717) is 12.1 Å². The molecule has 0 atom stereocenters. The second-order valence-electron chi connectivity index (χ2n) is 9.77. The number of aromatic nitrogens is 2. The minimum atomic E-state index is -0.145. The Labute approximate surface area is 232 Å². The molecule has 0 unspecified atom stereocenters. The Bertz CT molecular complexity index is 1720. The first-order valence-electron chi connectivity index (χ1n) is 13.0. The summed E-state index contributed by atoms with van der Waals surface area (Å²) in [5.41, 5.74) is 7.19. The van der Waals surface area contributed by atoms with Crippen molar-refractivity contribution in [3.8, 4) is 11.5 Å². The number of hydrogen-bond donors (Lipinski definition) is 3. The molecule has 0 aliphatic carbocycles. The second kappa shape index (κ2) is 10.9. The number of nitrogens with zero attached hydrogens (tertiary/aromatic N) is 2. The number of H-pyrrole nitrogens is 1. The zero-order chi connectivity index (χ0) is 27.5. The molecule has 1 aliphatic heterocycles. The number of amides is 1. The van der Waals surface area contributed by atoms with Crippen LogP contribution in [0.5, 0.6) is 11.5 Å². The van der Waals surface area contributed by atoms with Gasteiger partial charge in [0.15, 0.2) is 11.5 Å². The molecule has 1 aliphatic rings. The van der Waals surface area contributed by atoms with Crippen LogP contribution in [0, 0.1) is 0 Å². The standard InChI is InChI=1S/C32H29N5O3/c1-37(2)26-8-3-5-23(17-26)32(38)34-25-7-4-6-24(18-25)33-19-22-9-12-27-28(35-36-29(27)15-22)13-10-21-11-14-30-31(16-21)40-20-39-30/h3-18,33H,19-20H2,1-2H3,(H,34,38)(H,35,36). The van der Waals surface area contributed by atoms with E-state index in [9.17, 15) is 4.79 Å². The number of rotatable bonds is 8. The molecule has 40 heavy (non-hydrogen) atoms. The Morgan fingerprint density at radius 2 is 1.77 bits per heavy atom. The maximum Gasteiger partial charge on any atom is 0.255 e. The average molecular weight is 532 g/mol. The molecule has 2 heterocycles. The van der Waals surface area contributed by atoms with Gasteiger partial charge >= 0.3 is 0 Å². The van der Waals surface area contributed by atoms with Crippen molar-refractivity contribution < 1.29 is 14.3 Å². The summed E-state index contributed by atoms with van der Waals surface area (Å²) in [6, 6.07) is 27.4. The van der Waals surface area contributed by atoms with Crippen molar-refractivity contribution in [2.75, 3.05) is 36.4 Å². The Hall–Kier alpha value is -5.24. The number of carbonyl (C=O) groups is 1. The lowest BCUT2D eigenvalue weighted by molar-refractivity contribution is 0.102. The van der Waals surface area contributed by atoms with Gasteiger partial charge in [-0.3, -0.25) is 9.89 Å². The predicted octanol–water partition coefficient (Wildman–Crippen LogP) is 6.39. The van der Waals surface area contributed by atoms with E-state index in [2.05, 4.69) is 39.0 Å². The van der Waals surface area contributed by atoms with Gasteiger partial charge in [0.05, 0.1) is 11.2 Å². The van der Waals surface area contributed by atoms with Crippen molar-refractivity contribution in [1.82, 2.24) is 10.2 Å². The minimum Gasteiger partial charge on any atom is -0.454 e. The third-order valence-electron chi connectivity index (χ3n) is 6.73. The summed E-state index contributed by atoms with van der Waals surface area (Å²) in [5.74, 6) is 1.38. The highest BCUT2D eigenvalue weighted by Crippen LogP contribution is 2.33. The van der Waals surface area contributed by atoms with Crippen LogP contribution in [0.25, 0.3) is 23.1 Å². The molecule has 8 nitrogen and oxygen atoms in total. The van der Waals surface area contributed by atoms with E-state index in [-0.39, 0.29) is 12.7 Å². The topological polar surface area (TPSA) is 91.5 Å². The normalized spacial score (nSPS) is 12.2. The van der Waals surface area contributed by atoms with Crippen molar-refractivity contribution >= 4 is 46.0 Å². The van der Waals surface area contributed by atoms with Crippen molar-refractivity contribution in [1.29, 1.82) is 0 Å². The van der Waals surface area contributed by atoms with Gasteiger partial charge in [0.1, 0.15) is 0 Å². The highest BCUT2D eigenvalue weighted by atomic mass is 16.7. The molecule has 3 N–H and O–H groups in total. The summed E-state index contributed by atoms with van der Waals surface area (Å²) < 4.78 is 10.8. The monoisotopic (exact) mass is 531 g/mol. The molecular formula is C32H29N5O3. The lowest BCUT2D eigenvalue weighted by Crippen LogP contribution is -2.14. The molecule has 8 heteroatoms. The summed E-state index contributed by atoms with van der Waals surface area (Å²) in [4.78, 5) is 14.8. The lowest BCUT2D eigenvalue weighted by Gasteiger charge is -2.14. The number of aromatic amines is 1. The SMILES string of the molecule is CN(C)c1cccc(C(=O)Nc2cccc(NCc3ccc4c(C=Cc5ccc6c(c5)OCO6)n[nH]c4c3)c2)c1. The first-order valence-corrected chi connectivity index (χ1v) is 13.0. The van der Waals surface area contributed by atoms with Crippen molar-refractivity contribution in [2.24, 2.45) is 0 Å². The van der Waals surface area contributed by atoms with Gasteiger partial charge in [-0.15, -0.1) is 0 Å². The molecule has 1 aromatic heterocycles. The zero-order valence-electron chi connectivity index (χ0n) is 22.3. The molecule has 0 radical (unpaired) electrons. The van der Waals surface area contributed by atoms with Crippen LogP contribution in [0.2, 0.25) is 0 Å². The molecule has 0 saturated heterocycles. The van der Waals surface area contributed by atoms with E-state index in [1.165, 1.54) is 0 Å². The van der Waals surface area contributed by atoms with Crippen LogP contribution in [0.1, 0.15) is 27.2 Å². The fourth-order valence-electron chi connectivity index (χ4n) is 4.56. The molecule has 5 aromatic rings. The van der Waals surface area contributed by atoms with Crippen molar-refractivity contribution in [2.45, 2.75) is 6.54 Å². The van der Waals surface area contributed by atoms with Crippen molar-refractivity contribution in [3.05, 3.63) is 107 Å². The van der Waals surface area contributed by atoms with E-state index < -0.39 is 0 Å². The average Bonchev–Trinajstić information content (AvgIpc) is 3.61. The minimum absolute atomic E-state index is 0.145. The highest BCUT2D eigenvalue weighted by Gasteiger charge is 2.13. The number of nitrogens with one attached hydrogen (secondary N) is 3. The van der Waals surface area contributed by atoms with Crippen LogP contribution >= 0.6 is 0 Å². The summed E-state index contributed by atoms with van der Waals surface area (Å²) in [7, 11) is 3.91. The lowest BCUT2D eigenvalue weighted by atomic mass is 10.1. The summed E-state index contributed by atoms with van der Waals surface area (Å²) in [6.07, 6.45) is 4.00. The van der Waals surface area contributed by atoms with Crippen LogP contribution in [-0.4, -0.2) is 37.0 Å². The first-order chi connectivity index (χ1) is 19.5. The third kappa shape index (κ3) is 5.47. The first kappa shape index (κ1) is 25.1. The Balaban J connectivity index is 1.10. The van der Waals surface area contributed by atoms with Gasteiger partial charge in [0.2, 0.25) is 6.79 Å². The molecule has 0 fully saturated rings. The van der Waals surface area contributed by atoms with Crippen LogP contribution in [0.15, 0.2) is 84.9 Å². The van der Waals surface area contributed by atoms with E-state index >= 15 is 0 Å². The van der Waals surface area contributed by atoms with Crippen molar-refractivity contribution in [3.63, 3.8) is 0 Å². The van der Waals surface area contributed by atoms with Gasteiger partial charge in [-0.2, -0.15) is 5.10 Å². The van der Waals surface area contributed by atoms with Gasteiger partial charge in [-0.1, -0.05) is 36.4 Å². The zero-order valence-corrected chi connectivity index (χ0v) is 22.3. The maximum atomic E-state index is 12.8. The highest BCUT2D eigenvalue weighted by molar-refractivity contribution is 6.05. The molecule has 200 valence electrons. The van der Waals surface area contributed by atoms with E-state index in [1.54, 1.807) is 0 Å². The number of benzene rings is 4. The largest absolute Gasteiger partial charge is 0.454 e. The predicted molar refractivity (Wildman–Crippen MR) is 160 cm³/mol. The molecule has 6 rings (SSSR count).